The molecule has 0 aromatic heterocycles. The highest BCUT2D eigenvalue weighted by molar-refractivity contribution is 5.70. The molecule has 52 heavy (non-hydrogen) atoms. The lowest BCUT2D eigenvalue weighted by molar-refractivity contribution is -0.889. The maximum absolute atomic E-state index is 12.6. The standard InChI is InChI=1S/C44H75NO7/c1-6-8-10-12-14-16-17-18-19-20-21-22-23-24-25-27-28-30-32-34-42(46)51-39-40(38-50-37-36-41(44(48)49)45(3,4)5)52-43(47)35-33-31-29-26-15-13-11-9-7-2/h8-11,14-16,18-19,26,40-41H,6-7,12-13,17,20-25,27-39H2,1-5H3/b10-8+,11-9+,16-14+,19-18+,26-15+. The Morgan fingerprint density at radius 3 is 1.54 bits per heavy atom. The van der Waals surface area contributed by atoms with Gasteiger partial charge in [0.1, 0.15) is 12.6 Å². The van der Waals surface area contributed by atoms with Crippen molar-refractivity contribution < 1.29 is 38.2 Å². The number of nitrogens with zero attached hydrogens (tertiary/aromatic N) is 1. The van der Waals surface area contributed by atoms with Crippen molar-refractivity contribution >= 4 is 17.9 Å². The van der Waals surface area contributed by atoms with Crippen LogP contribution in [0.2, 0.25) is 0 Å². The predicted octanol–water partition coefficient (Wildman–Crippen LogP) is 9.30. The second-order valence-corrected chi connectivity index (χ2v) is 14.5. The molecule has 0 rings (SSSR count). The Kier molecular flexibility index (Phi) is 33.1. The van der Waals surface area contributed by atoms with Gasteiger partial charge in [0.05, 0.1) is 40.3 Å². The van der Waals surface area contributed by atoms with Crippen LogP contribution in [0.5, 0.6) is 0 Å². The highest BCUT2D eigenvalue weighted by Crippen LogP contribution is 2.13. The van der Waals surface area contributed by atoms with E-state index >= 15 is 0 Å². The number of quaternary nitrogens is 1. The number of rotatable bonds is 35. The molecule has 0 fully saturated rings. The summed E-state index contributed by atoms with van der Waals surface area (Å²) in [5, 5.41) is 11.6. The molecule has 0 N–H and O–H groups in total. The summed E-state index contributed by atoms with van der Waals surface area (Å²) in [5.74, 6) is -1.80. The minimum absolute atomic E-state index is 0.0235. The molecule has 0 amide bonds. The van der Waals surface area contributed by atoms with Gasteiger partial charge in [0.25, 0.3) is 0 Å². The molecule has 2 atom stereocenters. The number of aliphatic carboxylic acids is 1. The van der Waals surface area contributed by atoms with Gasteiger partial charge in [-0.1, -0.05) is 120 Å². The quantitative estimate of drug-likeness (QED) is 0.0277. The predicted molar refractivity (Wildman–Crippen MR) is 212 cm³/mol. The fraction of sp³-hybridized carbons (Fsp3) is 0.705. The molecule has 298 valence electrons. The van der Waals surface area contributed by atoms with Crippen molar-refractivity contribution in [2.24, 2.45) is 0 Å². The molecule has 8 heteroatoms. The number of esters is 2. The third-order valence-electron chi connectivity index (χ3n) is 8.65. The van der Waals surface area contributed by atoms with Crippen molar-refractivity contribution in [3.63, 3.8) is 0 Å². The first-order valence-corrected chi connectivity index (χ1v) is 20.3. The zero-order valence-electron chi connectivity index (χ0n) is 33.7. The summed E-state index contributed by atoms with van der Waals surface area (Å²) in [5.41, 5.74) is 0. The van der Waals surface area contributed by atoms with Crippen LogP contribution in [0.3, 0.4) is 0 Å². The van der Waals surface area contributed by atoms with E-state index in [1.807, 2.05) is 0 Å². The smallest absolute Gasteiger partial charge is 0.306 e. The van der Waals surface area contributed by atoms with Crippen LogP contribution in [0, 0.1) is 0 Å². The van der Waals surface area contributed by atoms with Crippen molar-refractivity contribution in [2.45, 2.75) is 161 Å². The van der Waals surface area contributed by atoms with Crippen molar-refractivity contribution in [3.05, 3.63) is 60.8 Å². The molecule has 0 spiro atoms. The lowest BCUT2D eigenvalue weighted by Crippen LogP contribution is -2.55. The van der Waals surface area contributed by atoms with Crippen LogP contribution in [0.15, 0.2) is 60.8 Å². The van der Waals surface area contributed by atoms with Gasteiger partial charge in [-0.2, -0.15) is 0 Å². The van der Waals surface area contributed by atoms with Crippen LogP contribution in [0.25, 0.3) is 0 Å². The van der Waals surface area contributed by atoms with Crippen LogP contribution in [0.1, 0.15) is 149 Å². The summed E-state index contributed by atoms with van der Waals surface area (Å²) in [6.07, 6.45) is 41.2. The van der Waals surface area contributed by atoms with Gasteiger partial charge in [-0.05, 0) is 70.6 Å². The van der Waals surface area contributed by atoms with Gasteiger partial charge < -0.3 is 28.6 Å². The number of carboxylic acids is 1. The van der Waals surface area contributed by atoms with E-state index in [-0.39, 0.29) is 49.1 Å². The van der Waals surface area contributed by atoms with E-state index in [0.29, 0.717) is 12.8 Å². The Hall–Kier alpha value is -2.97. The van der Waals surface area contributed by atoms with Crippen LogP contribution < -0.4 is 5.11 Å². The lowest BCUT2D eigenvalue weighted by Gasteiger charge is -2.34. The number of hydrogen-bond donors (Lipinski definition) is 0. The number of allylic oxidation sites excluding steroid dienone is 10. The van der Waals surface area contributed by atoms with E-state index in [1.54, 1.807) is 21.1 Å². The number of carbonyl (C=O) groups excluding carboxylic acids is 3. The van der Waals surface area contributed by atoms with E-state index in [1.165, 1.54) is 38.5 Å². The molecule has 0 radical (unpaired) electrons. The highest BCUT2D eigenvalue weighted by atomic mass is 16.6. The zero-order chi connectivity index (χ0) is 38.5. The van der Waals surface area contributed by atoms with Gasteiger partial charge in [0, 0.05) is 19.3 Å². The fourth-order valence-corrected chi connectivity index (χ4v) is 5.53. The van der Waals surface area contributed by atoms with Crippen molar-refractivity contribution in [1.29, 1.82) is 0 Å². The lowest BCUT2D eigenvalue weighted by atomic mass is 10.1. The van der Waals surface area contributed by atoms with E-state index in [9.17, 15) is 19.5 Å². The monoisotopic (exact) mass is 730 g/mol. The normalized spacial score (nSPS) is 13.6. The Morgan fingerprint density at radius 1 is 0.577 bits per heavy atom. The van der Waals surface area contributed by atoms with E-state index < -0.39 is 18.1 Å². The summed E-state index contributed by atoms with van der Waals surface area (Å²) in [7, 11) is 5.38. The molecule has 8 nitrogen and oxygen atoms in total. The number of carbonyl (C=O) groups is 3. The average molecular weight is 730 g/mol. The molecule has 0 saturated carbocycles. The molecule has 0 bridgehead atoms. The largest absolute Gasteiger partial charge is 0.544 e. The molecular weight excluding hydrogens is 654 g/mol. The van der Waals surface area contributed by atoms with Gasteiger partial charge in [-0.25, -0.2) is 0 Å². The molecule has 0 aliphatic carbocycles. The first-order valence-electron chi connectivity index (χ1n) is 20.3. The maximum atomic E-state index is 12.6. The Labute approximate surface area is 318 Å². The average Bonchev–Trinajstić information content (AvgIpc) is 3.09. The fourth-order valence-electron chi connectivity index (χ4n) is 5.53. The summed E-state index contributed by atoms with van der Waals surface area (Å²) in [4.78, 5) is 36.6. The van der Waals surface area contributed by atoms with Gasteiger partial charge in [-0.15, -0.1) is 0 Å². The zero-order valence-corrected chi connectivity index (χ0v) is 33.7. The number of unbranched alkanes of at least 4 members (excludes halogenated alkanes) is 11. The minimum Gasteiger partial charge on any atom is -0.544 e. The number of carboxylic acid groups (broad SMARTS) is 1. The molecule has 0 heterocycles. The molecular formula is C44H75NO7. The number of ether oxygens (including phenoxy) is 3. The summed E-state index contributed by atoms with van der Waals surface area (Å²) < 4.78 is 17.0. The van der Waals surface area contributed by atoms with Crippen LogP contribution in [0.4, 0.5) is 0 Å². The Morgan fingerprint density at radius 2 is 1.02 bits per heavy atom. The van der Waals surface area contributed by atoms with Gasteiger partial charge in [0.2, 0.25) is 0 Å². The Bertz CT molecular complexity index is 1040. The summed E-state index contributed by atoms with van der Waals surface area (Å²) in [6, 6.07) is -0.732. The SMILES string of the molecule is CC/C=C/C/C=C/C/C=C/CCCCCCCCCCCC(=O)OCC(COCCC(C(=O)[O-])[N+](C)(C)C)OC(=O)CCCC/C=C/C/C=C/CC. The molecule has 0 aromatic rings. The second kappa shape index (κ2) is 35.1. The molecule has 0 aliphatic heterocycles. The second-order valence-electron chi connectivity index (χ2n) is 14.5. The van der Waals surface area contributed by atoms with Gasteiger partial charge >= 0.3 is 11.9 Å². The van der Waals surface area contributed by atoms with E-state index in [0.717, 1.165) is 70.6 Å². The summed E-state index contributed by atoms with van der Waals surface area (Å²) >= 11 is 0. The van der Waals surface area contributed by atoms with E-state index in [4.69, 9.17) is 14.2 Å². The Balaban J connectivity index is 4.31. The van der Waals surface area contributed by atoms with Crippen molar-refractivity contribution in [3.8, 4) is 0 Å². The van der Waals surface area contributed by atoms with Crippen molar-refractivity contribution in [1.82, 2.24) is 0 Å². The molecule has 0 aliphatic rings. The van der Waals surface area contributed by atoms with Crippen LogP contribution in [-0.4, -0.2) is 75.5 Å². The number of hydrogen-bond acceptors (Lipinski definition) is 7. The van der Waals surface area contributed by atoms with Crippen LogP contribution >= 0.6 is 0 Å². The first kappa shape index (κ1) is 49.0. The third kappa shape index (κ3) is 32.9. The van der Waals surface area contributed by atoms with Gasteiger partial charge in [0.15, 0.2) is 6.10 Å². The van der Waals surface area contributed by atoms with Crippen LogP contribution in [-0.2, 0) is 28.6 Å². The molecule has 0 aromatic carbocycles. The van der Waals surface area contributed by atoms with Crippen molar-refractivity contribution in [2.75, 3.05) is 41.0 Å². The van der Waals surface area contributed by atoms with E-state index in [2.05, 4.69) is 74.6 Å². The first-order chi connectivity index (χ1) is 25.1. The highest BCUT2D eigenvalue weighted by Gasteiger charge is 2.25. The summed E-state index contributed by atoms with van der Waals surface area (Å²) in [6.45, 7) is 4.36. The number of likely N-dealkylation sites (N-methyl/N-ethyl adjacent to an activating group) is 1. The minimum atomic E-state index is -1.13. The molecule has 0 saturated heterocycles. The van der Waals surface area contributed by atoms with Gasteiger partial charge in [-0.3, -0.25) is 9.59 Å². The molecule has 2 unspecified atom stereocenters. The topological polar surface area (TPSA) is 102 Å². The third-order valence-corrected chi connectivity index (χ3v) is 8.65. The maximum Gasteiger partial charge on any atom is 0.306 e.